The van der Waals surface area contributed by atoms with E-state index in [1.165, 1.54) is 10.4 Å². The van der Waals surface area contributed by atoms with E-state index in [0.717, 1.165) is 0 Å². The van der Waals surface area contributed by atoms with Gasteiger partial charge in [-0.15, -0.1) is 0 Å². The lowest BCUT2D eigenvalue weighted by molar-refractivity contribution is -0.135. The van der Waals surface area contributed by atoms with Crippen LogP contribution in [0, 0.1) is 11.3 Å². The lowest BCUT2D eigenvalue weighted by atomic mass is 9.93. The summed E-state index contributed by atoms with van der Waals surface area (Å²) in [7, 11) is -3.98. The Balaban J connectivity index is 1.84. The van der Waals surface area contributed by atoms with Crippen molar-refractivity contribution in [1.82, 2.24) is 9.62 Å². The number of sulfonamides is 1. The molecule has 0 atom stereocenters. The van der Waals surface area contributed by atoms with E-state index in [4.69, 9.17) is 16.9 Å². The number of amides is 1. The Labute approximate surface area is 199 Å². The maximum Gasteiger partial charge on any atom is 0.258 e. The molecule has 2 aromatic carbocycles. The number of carbonyl (C=O) groups excluding carboxylic acids is 1. The monoisotopic (exact) mass is 539 g/mol. The topological polar surface area (TPSA) is 90.3 Å². The third-order valence-electron chi connectivity index (χ3n) is 5.27. The number of halogens is 3. The molecule has 32 heavy (non-hydrogen) atoms. The van der Waals surface area contributed by atoms with E-state index >= 15 is 4.39 Å². The summed E-state index contributed by atoms with van der Waals surface area (Å²) in [6.45, 7) is 2.96. The number of benzene rings is 2. The van der Waals surface area contributed by atoms with Crippen LogP contribution in [0.1, 0.15) is 12.8 Å². The van der Waals surface area contributed by atoms with Gasteiger partial charge < -0.3 is 5.32 Å². The van der Waals surface area contributed by atoms with Gasteiger partial charge in [-0.3, -0.25) is 4.79 Å². The van der Waals surface area contributed by atoms with Gasteiger partial charge in [0, 0.05) is 52.1 Å². The number of rotatable bonds is 6. The van der Waals surface area contributed by atoms with Gasteiger partial charge in [-0.25, -0.2) is 12.8 Å². The van der Waals surface area contributed by atoms with Crippen LogP contribution in [0.4, 0.5) is 4.39 Å². The molecular weight excluding hydrogens is 521 g/mol. The van der Waals surface area contributed by atoms with Crippen LogP contribution in [0.25, 0.3) is 11.1 Å². The molecule has 0 spiro atoms. The summed E-state index contributed by atoms with van der Waals surface area (Å²) in [5.74, 6) is -0.869. The molecule has 0 bridgehead atoms. The first-order chi connectivity index (χ1) is 15.1. The van der Waals surface area contributed by atoms with Crippen LogP contribution in [0.5, 0.6) is 0 Å². The van der Waals surface area contributed by atoms with Gasteiger partial charge in [-0.05, 0) is 24.3 Å². The molecular formula is C22H20BrClFN3O3S. The summed E-state index contributed by atoms with van der Waals surface area (Å²) in [5, 5.41) is 11.5. The fourth-order valence-electron chi connectivity index (χ4n) is 3.45. The summed E-state index contributed by atoms with van der Waals surface area (Å²) in [6.07, 6.45) is -0.593. The van der Waals surface area contributed by atoms with Crippen molar-refractivity contribution in [3.63, 3.8) is 0 Å². The molecule has 1 N–H and O–H groups in total. The Morgan fingerprint density at radius 2 is 1.91 bits per heavy atom. The average Bonchev–Trinajstić information content (AvgIpc) is 2.77. The highest BCUT2D eigenvalue weighted by molar-refractivity contribution is 9.10. The van der Waals surface area contributed by atoms with Gasteiger partial charge >= 0.3 is 0 Å². The van der Waals surface area contributed by atoms with Gasteiger partial charge in [-0.2, -0.15) is 9.57 Å². The second-order valence-electron chi connectivity index (χ2n) is 7.39. The molecule has 0 saturated carbocycles. The van der Waals surface area contributed by atoms with Crippen LogP contribution in [0.3, 0.4) is 0 Å². The van der Waals surface area contributed by atoms with E-state index in [9.17, 15) is 13.2 Å². The fourth-order valence-corrected chi connectivity index (χ4v) is 5.68. The first kappa shape index (κ1) is 24.4. The molecule has 10 heteroatoms. The first-order valence-electron chi connectivity index (χ1n) is 9.68. The highest BCUT2D eigenvalue weighted by Gasteiger charge is 2.44. The van der Waals surface area contributed by atoms with Crippen molar-refractivity contribution in [3.8, 4) is 17.2 Å². The van der Waals surface area contributed by atoms with Crippen LogP contribution in [0.15, 0.2) is 64.0 Å². The van der Waals surface area contributed by atoms with Crippen LogP contribution in [-0.2, 0) is 14.8 Å². The zero-order valence-corrected chi connectivity index (χ0v) is 20.1. The third-order valence-corrected chi connectivity index (χ3v) is 8.05. The number of nitrogens with one attached hydrogen (secondary N) is 1. The molecule has 1 saturated heterocycles. The minimum Gasteiger partial charge on any atom is -0.349 e. The molecule has 1 fully saturated rings. The van der Waals surface area contributed by atoms with Crippen molar-refractivity contribution in [2.24, 2.45) is 0 Å². The SMILES string of the molecule is C=C(C#N)CNC(=O)C1(F)CCN(S(=O)(=O)c2ccc(Br)cc2-c2ccccc2Cl)CC1. The third kappa shape index (κ3) is 5.04. The molecule has 6 nitrogen and oxygen atoms in total. The molecule has 2 aromatic rings. The predicted octanol–water partition coefficient (Wildman–Crippen LogP) is 4.46. The van der Waals surface area contributed by atoms with Crippen LogP contribution in [0.2, 0.25) is 5.02 Å². The van der Waals surface area contributed by atoms with Gasteiger partial charge in [-0.1, -0.05) is 52.3 Å². The number of hydrogen-bond acceptors (Lipinski definition) is 4. The number of carbonyl (C=O) groups is 1. The molecule has 0 aliphatic carbocycles. The number of piperidine rings is 1. The zero-order chi connectivity index (χ0) is 23.5. The van der Waals surface area contributed by atoms with Gasteiger partial charge in [0.2, 0.25) is 10.0 Å². The summed E-state index contributed by atoms with van der Waals surface area (Å²) < 4.78 is 43.9. The molecule has 1 heterocycles. The van der Waals surface area contributed by atoms with E-state index in [1.807, 2.05) is 0 Å². The standard InChI is InChI=1S/C22H20BrClFN3O3S/c1-15(13-26)14-27-21(29)22(25)8-10-28(11-9-22)32(30,31)20-7-6-16(23)12-18(20)17-4-2-3-5-19(17)24/h2-7,12H,1,8-11,14H2,(H,27,29). The molecule has 0 unspecified atom stereocenters. The van der Waals surface area contributed by atoms with E-state index in [-0.39, 0.29) is 42.9 Å². The summed E-state index contributed by atoms with van der Waals surface area (Å²) >= 11 is 9.68. The Morgan fingerprint density at radius 1 is 1.25 bits per heavy atom. The van der Waals surface area contributed by atoms with Gasteiger partial charge in [0.25, 0.3) is 5.91 Å². The normalized spacial score (nSPS) is 16.2. The zero-order valence-electron chi connectivity index (χ0n) is 16.9. The smallest absolute Gasteiger partial charge is 0.258 e. The Hall–Kier alpha value is -2.25. The number of nitrogens with zero attached hydrogens (tertiary/aromatic N) is 2. The summed E-state index contributed by atoms with van der Waals surface area (Å²) in [6, 6.07) is 13.5. The lowest BCUT2D eigenvalue weighted by Gasteiger charge is -2.35. The molecule has 0 radical (unpaired) electrons. The number of alkyl halides is 1. The van der Waals surface area contributed by atoms with Crippen LogP contribution in [-0.4, -0.2) is 43.9 Å². The molecule has 0 aromatic heterocycles. The predicted molar refractivity (Wildman–Crippen MR) is 124 cm³/mol. The second-order valence-corrected chi connectivity index (χ2v) is 10.6. The first-order valence-corrected chi connectivity index (χ1v) is 12.3. The van der Waals surface area contributed by atoms with E-state index in [2.05, 4.69) is 27.8 Å². The Morgan fingerprint density at radius 3 is 2.53 bits per heavy atom. The van der Waals surface area contributed by atoms with Crippen molar-refractivity contribution in [2.45, 2.75) is 23.4 Å². The van der Waals surface area contributed by atoms with Gasteiger partial charge in [0.1, 0.15) is 0 Å². The van der Waals surface area contributed by atoms with Crippen molar-refractivity contribution >= 4 is 43.5 Å². The van der Waals surface area contributed by atoms with Gasteiger partial charge in [0.05, 0.1) is 17.5 Å². The fraction of sp³-hybridized carbons (Fsp3) is 0.273. The van der Waals surface area contributed by atoms with E-state index in [0.29, 0.717) is 20.6 Å². The highest BCUT2D eigenvalue weighted by Crippen LogP contribution is 2.37. The molecule has 1 aliphatic heterocycles. The number of nitriles is 1. The van der Waals surface area contributed by atoms with Crippen LogP contribution >= 0.6 is 27.5 Å². The summed E-state index contributed by atoms with van der Waals surface area (Å²) in [4.78, 5) is 12.3. The van der Waals surface area contributed by atoms with Crippen LogP contribution < -0.4 is 5.32 Å². The van der Waals surface area contributed by atoms with E-state index in [1.54, 1.807) is 42.5 Å². The van der Waals surface area contributed by atoms with Crippen molar-refractivity contribution in [1.29, 1.82) is 5.26 Å². The van der Waals surface area contributed by atoms with Crippen molar-refractivity contribution in [2.75, 3.05) is 19.6 Å². The molecule has 1 aliphatic rings. The van der Waals surface area contributed by atoms with Crippen molar-refractivity contribution in [3.05, 3.63) is 64.1 Å². The Kier molecular flexibility index (Phi) is 7.40. The molecule has 3 rings (SSSR count). The largest absolute Gasteiger partial charge is 0.349 e. The molecule has 1 amide bonds. The minimum atomic E-state index is -3.98. The minimum absolute atomic E-state index is 0.0509. The average molecular weight is 541 g/mol. The quantitative estimate of drug-likeness (QED) is 0.548. The number of hydrogen-bond donors (Lipinski definition) is 1. The molecule has 168 valence electrons. The van der Waals surface area contributed by atoms with E-state index < -0.39 is 21.6 Å². The Bertz CT molecular complexity index is 1210. The highest BCUT2D eigenvalue weighted by atomic mass is 79.9. The second kappa shape index (κ2) is 9.71. The summed E-state index contributed by atoms with van der Waals surface area (Å²) in [5.41, 5.74) is -1.13. The maximum atomic E-state index is 15.2. The lowest BCUT2D eigenvalue weighted by Crippen LogP contribution is -2.52. The van der Waals surface area contributed by atoms with Gasteiger partial charge in [0.15, 0.2) is 5.67 Å². The van der Waals surface area contributed by atoms with Crippen molar-refractivity contribution < 1.29 is 17.6 Å². The maximum absolute atomic E-state index is 15.2.